The number of hydrogen-bond acceptors (Lipinski definition) is 2. The van der Waals surface area contributed by atoms with Crippen molar-refractivity contribution in [3.8, 4) is 0 Å². The van der Waals surface area contributed by atoms with Gasteiger partial charge in [0.05, 0.1) is 0 Å². The molecule has 100 valence electrons. The lowest BCUT2D eigenvalue weighted by Crippen LogP contribution is -2.29. The van der Waals surface area contributed by atoms with Crippen molar-refractivity contribution in [1.82, 2.24) is 5.32 Å². The molecule has 1 aromatic rings. The normalized spacial score (nSPS) is 10.4. The summed E-state index contributed by atoms with van der Waals surface area (Å²) in [6.07, 6.45) is 1.59. The van der Waals surface area contributed by atoms with Gasteiger partial charge in [0.1, 0.15) is 0 Å². The molecule has 0 fully saturated rings. The van der Waals surface area contributed by atoms with Crippen LogP contribution in [0.15, 0.2) is 30.3 Å². The van der Waals surface area contributed by atoms with Crippen molar-refractivity contribution in [2.75, 3.05) is 25.0 Å². The molecule has 0 aromatic heterocycles. The number of para-hydroxylation sites is 1. The molecule has 3 heteroatoms. The molecule has 0 spiro atoms. The Morgan fingerprint density at radius 3 is 2.56 bits per heavy atom. The highest BCUT2D eigenvalue weighted by Crippen LogP contribution is 2.10. The number of amides is 1. The first-order valence-corrected chi connectivity index (χ1v) is 6.62. The maximum Gasteiger partial charge on any atom is 0.221 e. The summed E-state index contributed by atoms with van der Waals surface area (Å²) in [7, 11) is 2.01. The molecule has 0 aliphatic rings. The summed E-state index contributed by atoms with van der Waals surface area (Å²) >= 11 is 0. The van der Waals surface area contributed by atoms with E-state index in [1.165, 1.54) is 0 Å². The number of rotatable bonds is 7. The lowest BCUT2D eigenvalue weighted by Gasteiger charge is -2.18. The number of carbonyl (C=O) groups is 1. The van der Waals surface area contributed by atoms with Gasteiger partial charge in [0.2, 0.25) is 5.91 Å². The highest BCUT2D eigenvalue weighted by Gasteiger charge is 2.05. The lowest BCUT2D eigenvalue weighted by atomic mass is 10.1. The van der Waals surface area contributed by atoms with E-state index in [1.54, 1.807) is 0 Å². The third-order valence-corrected chi connectivity index (χ3v) is 2.92. The van der Waals surface area contributed by atoms with Crippen LogP contribution in [0.25, 0.3) is 0 Å². The van der Waals surface area contributed by atoms with Crippen LogP contribution < -0.4 is 10.2 Å². The zero-order valence-corrected chi connectivity index (χ0v) is 11.6. The van der Waals surface area contributed by atoms with Crippen LogP contribution in [0.3, 0.4) is 0 Å². The van der Waals surface area contributed by atoms with Gasteiger partial charge in [0.25, 0.3) is 0 Å². The van der Waals surface area contributed by atoms with Crippen LogP contribution in [-0.2, 0) is 4.79 Å². The second-order valence-electron chi connectivity index (χ2n) is 5.04. The first-order chi connectivity index (χ1) is 8.59. The van der Waals surface area contributed by atoms with Crippen molar-refractivity contribution in [1.29, 1.82) is 0 Å². The highest BCUT2D eigenvalue weighted by molar-refractivity contribution is 5.76. The molecule has 0 heterocycles. The van der Waals surface area contributed by atoms with E-state index in [2.05, 4.69) is 36.2 Å². The zero-order valence-electron chi connectivity index (χ0n) is 11.6. The Bertz CT molecular complexity index is 349. The van der Waals surface area contributed by atoms with Crippen LogP contribution >= 0.6 is 0 Å². The monoisotopic (exact) mass is 248 g/mol. The van der Waals surface area contributed by atoms with Gasteiger partial charge in [0, 0.05) is 32.2 Å². The fraction of sp³-hybridized carbons (Fsp3) is 0.533. The summed E-state index contributed by atoms with van der Waals surface area (Å²) in [6, 6.07) is 10.1. The number of nitrogens with zero attached hydrogens (tertiary/aromatic N) is 1. The van der Waals surface area contributed by atoms with E-state index in [0.29, 0.717) is 12.3 Å². The van der Waals surface area contributed by atoms with E-state index >= 15 is 0 Å². The van der Waals surface area contributed by atoms with Crippen molar-refractivity contribution in [3.05, 3.63) is 30.3 Å². The molecule has 0 atom stereocenters. The van der Waals surface area contributed by atoms with Crippen LogP contribution in [0.2, 0.25) is 0 Å². The fourth-order valence-electron chi connectivity index (χ4n) is 1.67. The van der Waals surface area contributed by atoms with Gasteiger partial charge in [-0.3, -0.25) is 4.79 Å². The molecule has 0 saturated carbocycles. The Morgan fingerprint density at radius 1 is 1.28 bits per heavy atom. The Kier molecular flexibility index (Phi) is 6.26. The second-order valence-corrected chi connectivity index (χ2v) is 5.04. The summed E-state index contributed by atoms with van der Waals surface area (Å²) in [5.74, 6) is 0.774. The summed E-state index contributed by atoms with van der Waals surface area (Å²) in [5.41, 5.74) is 1.15. The van der Waals surface area contributed by atoms with Gasteiger partial charge in [0.15, 0.2) is 0 Å². The zero-order chi connectivity index (χ0) is 13.4. The predicted molar refractivity (Wildman–Crippen MR) is 76.8 cm³/mol. The minimum absolute atomic E-state index is 0.137. The molecule has 0 aliphatic carbocycles. The van der Waals surface area contributed by atoms with E-state index in [1.807, 2.05) is 25.2 Å². The Hall–Kier alpha value is -1.51. The Morgan fingerprint density at radius 2 is 1.94 bits per heavy atom. The summed E-state index contributed by atoms with van der Waals surface area (Å²) < 4.78 is 0. The standard InChI is InChI=1S/C15H24N2O/c1-13(2)9-11-16-15(18)10-12-17(3)14-7-5-4-6-8-14/h4-8,13H,9-12H2,1-3H3,(H,16,18). The second kappa shape index (κ2) is 7.75. The minimum Gasteiger partial charge on any atom is -0.374 e. The van der Waals surface area contributed by atoms with Crippen molar-refractivity contribution in [2.45, 2.75) is 26.7 Å². The van der Waals surface area contributed by atoms with Gasteiger partial charge in [-0.25, -0.2) is 0 Å². The van der Waals surface area contributed by atoms with Gasteiger partial charge >= 0.3 is 0 Å². The molecule has 1 aromatic carbocycles. The van der Waals surface area contributed by atoms with E-state index in [0.717, 1.165) is 25.2 Å². The smallest absolute Gasteiger partial charge is 0.221 e. The van der Waals surface area contributed by atoms with E-state index < -0.39 is 0 Å². The molecule has 0 unspecified atom stereocenters. The Labute approximate surface area is 110 Å². The number of hydrogen-bond donors (Lipinski definition) is 1. The topological polar surface area (TPSA) is 32.3 Å². The van der Waals surface area contributed by atoms with Gasteiger partial charge in [-0.15, -0.1) is 0 Å². The average Bonchev–Trinajstić information content (AvgIpc) is 2.36. The third kappa shape index (κ3) is 5.71. The van der Waals surface area contributed by atoms with Crippen LogP contribution in [-0.4, -0.2) is 26.0 Å². The molecule has 0 aliphatic heterocycles. The molecule has 0 saturated heterocycles. The SMILES string of the molecule is CC(C)CCNC(=O)CCN(C)c1ccccc1. The first-order valence-electron chi connectivity index (χ1n) is 6.62. The lowest BCUT2D eigenvalue weighted by molar-refractivity contribution is -0.120. The molecule has 3 nitrogen and oxygen atoms in total. The fourth-order valence-corrected chi connectivity index (χ4v) is 1.67. The third-order valence-electron chi connectivity index (χ3n) is 2.92. The van der Waals surface area contributed by atoms with Gasteiger partial charge in [-0.05, 0) is 24.5 Å². The number of anilines is 1. The van der Waals surface area contributed by atoms with Crippen LogP contribution in [0.5, 0.6) is 0 Å². The highest BCUT2D eigenvalue weighted by atomic mass is 16.1. The van der Waals surface area contributed by atoms with E-state index in [9.17, 15) is 4.79 Å². The molecular formula is C15H24N2O. The summed E-state index contributed by atoms with van der Waals surface area (Å²) in [5, 5.41) is 2.96. The number of nitrogens with one attached hydrogen (secondary N) is 1. The molecular weight excluding hydrogens is 224 g/mol. The van der Waals surface area contributed by atoms with E-state index in [4.69, 9.17) is 0 Å². The van der Waals surface area contributed by atoms with Crippen molar-refractivity contribution in [3.63, 3.8) is 0 Å². The predicted octanol–water partition coefficient (Wildman–Crippen LogP) is 2.68. The largest absolute Gasteiger partial charge is 0.374 e. The first kappa shape index (κ1) is 14.6. The maximum atomic E-state index is 11.6. The van der Waals surface area contributed by atoms with Crippen LogP contribution in [0.1, 0.15) is 26.7 Å². The van der Waals surface area contributed by atoms with Gasteiger partial charge in [-0.2, -0.15) is 0 Å². The molecule has 1 rings (SSSR count). The molecule has 1 amide bonds. The molecule has 0 radical (unpaired) electrons. The number of benzene rings is 1. The quantitative estimate of drug-likeness (QED) is 0.804. The molecule has 18 heavy (non-hydrogen) atoms. The Balaban J connectivity index is 2.22. The maximum absolute atomic E-state index is 11.6. The van der Waals surface area contributed by atoms with Gasteiger partial charge < -0.3 is 10.2 Å². The molecule has 1 N–H and O–H groups in total. The van der Waals surface area contributed by atoms with Crippen molar-refractivity contribution >= 4 is 11.6 Å². The van der Waals surface area contributed by atoms with E-state index in [-0.39, 0.29) is 5.91 Å². The van der Waals surface area contributed by atoms with Crippen molar-refractivity contribution < 1.29 is 4.79 Å². The number of carbonyl (C=O) groups excluding carboxylic acids is 1. The van der Waals surface area contributed by atoms with Crippen molar-refractivity contribution in [2.24, 2.45) is 5.92 Å². The summed E-state index contributed by atoms with van der Waals surface area (Å²) in [6.45, 7) is 5.85. The average molecular weight is 248 g/mol. The van der Waals surface area contributed by atoms with Crippen LogP contribution in [0, 0.1) is 5.92 Å². The molecule has 0 bridgehead atoms. The van der Waals surface area contributed by atoms with Gasteiger partial charge in [-0.1, -0.05) is 32.0 Å². The van der Waals surface area contributed by atoms with Crippen LogP contribution in [0.4, 0.5) is 5.69 Å². The minimum atomic E-state index is 0.137. The summed E-state index contributed by atoms with van der Waals surface area (Å²) in [4.78, 5) is 13.7.